The van der Waals surface area contributed by atoms with Crippen molar-refractivity contribution in [2.24, 2.45) is 5.92 Å². The van der Waals surface area contributed by atoms with E-state index in [-0.39, 0.29) is 23.2 Å². The van der Waals surface area contributed by atoms with E-state index in [2.05, 4.69) is 47.6 Å². The van der Waals surface area contributed by atoms with Gasteiger partial charge >= 0.3 is 0 Å². The molecule has 2 aliphatic carbocycles. The Kier molecular flexibility index (Phi) is 3.75. The SMILES string of the molecule is CC1(C)C2=C(C(=O)c3ccc(N4CCNCC4)cc31)C1C=CC(C#N)=CC1N2. The Morgan fingerprint density at radius 1 is 1.25 bits per heavy atom. The first kappa shape index (κ1) is 17.3. The molecule has 0 saturated carbocycles. The van der Waals surface area contributed by atoms with Crippen molar-refractivity contribution in [1.82, 2.24) is 10.6 Å². The maximum Gasteiger partial charge on any atom is 0.191 e. The Bertz CT molecular complexity index is 1000. The second-order valence-corrected chi connectivity index (χ2v) is 8.50. The Morgan fingerprint density at radius 3 is 2.79 bits per heavy atom. The number of rotatable bonds is 1. The van der Waals surface area contributed by atoms with Crippen LogP contribution >= 0.6 is 0 Å². The maximum absolute atomic E-state index is 13.4. The number of allylic oxidation sites excluding steroid dienone is 3. The lowest BCUT2D eigenvalue weighted by Crippen LogP contribution is -2.43. The molecule has 5 heteroatoms. The van der Waals surface area contributed by atoms with E-state index in [0.29, 0.717) is 5.57 Å². The normalized spacial score (nSPS) is 27.4. The lowest BCUT2D eigenvalue weighted by atomic mass is 9.70. The molecule has 5 nitrogen and oxygen atoms in total. The van der Waals surface area contributed by atoms with Crippen LogP contribution in [0.1, 0.15) is 29.8 Å². The fourth-order valence-corrected chi connectivity index (χ4v) is 5.00. The van der Waals surface area contributed by atoms with Crippen molar-refractivity contribution in [3.8, 4) is 6.07 Å². The Balaban J connectivity index is 1.57. The quantitative estimate of drug-likeness (QED) is 0.793. The molecule has 2 atom stereocenters. The topological polar surface area (TPSA) is 68.2 Å². The van der Waals surface area contributed by atoms with Gasteiger partial charge < -0.3 is 15.5 Å². The molecule has 5 rings (SSSR count). The average molecular weight is 372 g/mol. The van der Waals surface area contributed by atoms with E-state index in [1.54, 1.807) is 0 Å². The van der Waals surface area contributed by atoms with E-state index in [1.807, 2.05) is 24.3 Å². The van der Waals surface area contributed by atoms with Gasteiger partial charge in [-0.25, -0.2) is 0 Å². The third-order valence-corrected chi connectivity index (χ3v) is 6.54. The molecule has 4 aliphatic rings. The fourth-order valence-electron chi connectivity index (χ4n) is 5.00. The highest BCUT2D eigenvalue weighted by atomic mass is 16.1. The van der Waals surface area contributed by atoms with E-state index in [4.69, 9.17) is 0 Å². The summed E-state index contributed by atoms with van der Waals surface area (Å²) in [7, 11) is 0. The molecule has 0 bridgehead atoms. The summed E-state index contributed by atoms with van der Waals surface area (Å²) in [6, 6.07) is 8.50. The summed E-state index contributed by atoms with van der Waals surface area (Å²) in [5.41, 5.74) is 5.33. The number of hydrogen-bond acceptors (Lipinski definition) is 5. The van der Waals surface area contributed by atoms with E-state index in [1.165, 1.54) is 5.69 Å². The number of carbonyl (C=O) groups is 1. The molecule has 142 valence electrons. The zero-order valence-electron chi connectivity index (χ0n) is 16.2. The van der Waals surface area contributed by atoms with Crippen molar-refractivity contribution < 1.29 is 4.79 Å². The van der Waals surface area contributed by atoms with Crippen LogP contribution in [0.15, 0.2) is 53.3 Å². The van der Waals surface area contributed by atoms with E-state index >= 15 is 0 Å². The van der Waals surface area contributed by atoms with Gasteiger partial charge in [-0.3, -0.25) is 4.79 Å². The van der Waals surface area contributed by atoms with Gasteiger partial charge in [-0.05, 0) is 35.9 Å². The summed E-state index contributed by atoms with van der Waals surface area (Å²) in [6.07, 6.45) is 5.79. The van der Waals surface area contributed by atoms with E-state index in [0.717, 1.165) is 48.6 Å². The van der Waals surface area contributed by atoms with Gasteiger partial charge in [0.05, 0.1) is 12.1 Å². The second kappa shape index (κ2) is 6.08. The second-order valence-electron chi connectivity index (χ2n) is 8.50. The standard InChI is InChI=1S/C23H24N4O/c1-23(2)18-12-15(27-9-7-25-8-10-27)4-6-16(18)21(28)20-17-5-3-14(13-24)11-19(17)26-22(20)23/h3-6,11-12,17,19,25-26H,7-10H2,1-2H3. The van der Waals surface area contributed by atoms with E-state index < -0.39 is 0 Å². The molecular formula is C23H24N4O. The van der Waals surface area contributed by atoms with Crippen LogP contribution in [0.25, 0.3) is 0 Å². The minimum absolute atomic E-state index is 0.000120. The number of hydrogen-bond donors (Lipinski definition) is 2. The number of nitrogens with zero attached hydrogens (tertiary/aromatic N) is 2. The van der Waals surface area contributed by atoms with E-state index in [9.17, 15) is 10.1 Å². The number of Topliss-reactive ketones (excluding diaryl/α,β-unsaturated/α-hetero) is 1. The number of anilines is 1. The molecule has 2 unspecified atom stereocenters. The molecule has 0 amide bonds. The van der Waals surface area contributed by atoms with Gasteiger partial charge in [0, 0.05) is 65.6 Å². The predicted octanol–water partition coefficient (Wildman–Crippen LogP) is 2.43. The molecule has 1 saturated heterocycles. The van der Waals surface area contributed by atoms with Crippen molar-refractivity contribution in [2.75, 3.05) is 31.1 Å². The number of nitrogens with one attached hydrogen (secondary N) is 2. The van der Waals surface area contributed by atoms with Gasteiger partial charge in [-0.1, -0.05) is 19.9 Å². The number of ketones is 1. The smallest absolute Gasteiger partial charge is 0.191 e. The van der Waals surface area contributed by atoms with Crippen LogP contribution < -0.4 is 15.5 Å². The number of fused-ring (bicyclic) bond motifs is 3. The third kappa shape index (κ3) is 2.38. The van der Waals surface area contributed by atoms with Crippen molar-refractivity contribution >= 4 is 11.5 Å². The number of carbonyl (C=O) groups excluding carboxylic acids is 1. The van der Waals surface area contributed by atoms with Crippen LogP contribution in [-0.4, -0.2) is 38.0 Å². The lowest BCUT2D eigenvalue weighted by molar-refractivity contribution is 0.102. The van der Waals surface area contributed by atoms with Crippen LogP contribution in [0.4, 0.5) is 5.69 Å². The molecular weight excluding hydrogens is 348 g/mol. The van der Waals surface area contributed by atoms with Crippen molar-refractivity contribution in [3.63, 3.8) is 0 Å². The van der Waals surface area contributed by atoms with Crippen LogP contribution in [0.5, 0.6) is 0 Å². The molecule has 2 aliphatic heterocycles. The highest BCUT2D eigenvalue weighted by Gasteiger charge is 2.47. The fraction of sp³-hybridized carbons (Fsp3) is 0.391. The molecule has 0 aromatic heterocycles. The average Bonchev–Trinajstić information content (AvgIpc) is 3.12. The zero-order chi connectivity index (χ0) is 19.5. The highest BCUT2D eigenvalue weighted by Crippen LogP contribution is 2.48. The van der Waals surface area contributed by atoms with Crippen LogP contribution in [-0.2, 0) is 5.41 Å². The lowest BCUT2D eigenvalue weighted by Gasteiger charge is -2.36. The van der Waals surface area contributed by atoms with Crippen molar-refractivity contribution in [1.29, 1.82) is 5.26 Å². The summed E-state index contributed by atoms with van der Waals surface area (Å²) >= 11 is 0. The van der Waals surface area contributed by atoms with Crippen LogP contribution in [0.2, 0.25) is 0 Å². The van der Waals surface area contributed by atoms with Gasteiger partial charge in [0.2, 0.25) is 0 Å². The van der Waals surface area contributed by atoms with Crippen molar-refractivity contribution in [2.45, 2.75) is 25.3 Å². The number of benzene rings is 1. The summed E-state index contributed by atoms with van der Waals surface area (Å²) in [5, 5.41) is 16.2. The molecule has 0 spiro atoms. The first-order chi connectivity index (χ1) is 13.5. The zero-order valence-corrected chi connectivity index (χ0v) is 16.2. The molecule has 1 aromatic rings. The number of piperazine rings is 1. The molecule has 1 aromatic carbocycles. The first-order valence-corrected chi connectivity index (χ1v) is 9.97. The van der Waals surface area contributed by atoms with Crippen LogP contribution in [0, 0.1) is 17.2 Å². The van der Waals surface area contributed by atoms with Gasteiger partial charge in [0.15, 0.2) is 5.78 Å². The van der Waals surface area contributed by atoms with Gasteiger partial charge in [0.25, 0.3) is 0 Å². The van der Waals surface area contributed by atoms with Gasteiger partial charge in [0.1, 0.15) is 0 Å². The maximum atomic E-state index is 13.4. The molecule has 2 heterocycles. The van der Waals surface area contributed by atoms with Gasteiger partial charge in [-0.15, -0.1) is 0 Å². The molecule has 2 N–H and O–H groups in total. The minimum atomic E-state index is -0.283. The third-order valence-electron chi connectivity index (χ3n) is 6.54. The molecule has 28 heavy (non-hydrogen) atoms. The Hall–Kier alpha value is -2.84. The van der Waals surface area contributed by atoms with Gasteiger partial charge in [-0.2, -0.15) is 5.26 Å². The Labute approximate surface area is 165 Å². The molecule has 1 fully saturated rings. The largest absolute Gasteiger partial charge is 0.380 e. The van der Waals surface area contributed by atoms with Crippen molar-refractivity contribution in [3.05, 3.63) is 64.4 Å². The predicted molar refractivity (Wildman–Crippen MR) is 109 cm³/mol. The summed E-state index contributed by atoms with van der Waals surface area (Å²) in [4.78, 5) is 15.8. The molecule has 0 radical (unpaired) electrons. The first-order valence-electron chi connectivity index (χ1n) is 9.97. The summed E-state index contributed by atoms with van der Waals surface area (Å²) in [5.74, 6) is 0.120. The minimum Gasteiger partial charge on any atom is -0.380 e. The monoisotopic (exact) mass is 372 g/mol. The Morgan fingerprint density at radius 2 is 2.04 bits per heavy atom. The summed E-state index contributed by atoms with van der Waals surface area (Å²) in [6.45, 7) is 8.32. The number of nitriles is 1. The van der Waals surface area contributed by atoms with Crippen LogP contribution in [0.3, 0.4) is 0 Å². The highest BCUT2D eigenvalue weighted by molar-refractivity contribution is 6.13. The summed E-state index contributed by atoms with van der Waals surface area (Å²) < 4.78 is 0.